The van der Waals surface area contributed by atoms with Crippen LogP contribution in [0.5, 0.6) is 0 Å². The second-order valence-electron chi connectivity index (χ2n) is 5.61. The highest BCUT2D eigenvalue weighted by molar-refractivity contribution is 7.80. The largest absolute Gasteiger partial charge is 0.484 e. The lowest BCUT2D eigenvalue weighted by atomic mass is 10.1. The molecule has 1 amide bonds. The van der Waals surface area contributed by atoms with Crippen molar-refractivity contribution in [2.45, 2.75) is 53.1 Å². The van der Waals surface area contributed by atoms with Gasteiger partial charge in [-0.15, -0.1) is 0 Å². The highest BCUT2D eigenvalue weighted by atomic mass is 35.5. The van der Waals surface area contributed by atoms with E-state index in [1.807, 2.05) is 20.8 Å². The van der Waals surface area contributed by atoms with Gasteiger partial charge in [0, 0.05) is 17.4 Å². The molecule has 0 aliphatic rings. The van der Waals surface area contributed by atoms with Crippen molar-refractivity contribution < 1.29 is 13.9 Å². The molecule has 0 saturated carbocycles. The summed E-state index contributed by atoms with van der Waals surface area (Å²) in [5, 5.41) is 3.26. The molecule has 6 heteroatoms. The zero-order valence-corrected chi connectivity index (χ0v) is 15.5. The first-order valence-electron chi connectivity index (χ1n) is 7.76. The van der Waals surface area contributed by atoms with E-state index >= 15 is 0 Å². The van der Waals surface area contributed by atoms with Crippen LogP contribution in [0.25, 0.3) is 0 Å². The van der Waals surface area contributed by atoms with Crippen molar-refractivity contribution in [2.75, 3.05) is 5.32 Å². The third-order valence-corrected chi connectivity index (χ3v) is 4.29. The highest BCUT2D eigenvalue weighted by Crippen LogP contribution is 2.26. The summed E-state index contributed by atoms with van der Waals surface area (Å²) in [4.78, 5) is 11.9. The van der Waals surface area contributed by atoms with Gasteiger partial charge in [-0.3, -0.25) is 4.79 Å². The molecule has 0 radical (unpaired) electrons. The van der Waals surface area contributed by atoms with E-state index in [9.17, 15) is 9.18 Å². The first kappa shape index (κ1) is 19.8. The van der Waals surface area contributed by atoms with Crippen molar-refractivity contribution in [2.24, 2.45) is 5.92 Å². The van der Waals surface area contributed by atoms with Crippen molar-refractivity contribution in [3.63, 3.8) is 0 Å². The fourth-order valence-electron chi connectivity index (χ4n) is 1.77. The summed E-state index contributed by atoms with van der Waals surface area (Å²) >= 11 is 11.3. The van der Waals surface area contributed by atoms with Crippen LogP contribution in [0.4, 0.5) is 10.1 Å². The molecule has 0 aliphatic heterocycles. The standard InChI is InChI=1S/C17H23ClFNO2S/c1-5-10(3)17(21)20-15-7-12(13(18)9-14(15)19)8-16(23)22-11(4)6-2/h7,9-11H,5-6,8H2,1-4H3,(H,20,21). The minimum Gasteiger partial charge on any atom is -0.484 e. The van der Waals surface area contributed by atoms with Crippen LogP contribution in [0.3, 0.4) is 0 Å². The monoisotopic (exact) mass is 359 g/mol. The number of hydrogen-bond donors (Lipinski definition) is 1. The molecule has 1 aromatic rings. The molecule has 0 bridgehead atoms. The molecule has 128 valence electrons. The number of benzene rings is 1. The van der Waals surface area contributed by atoms with E-state index in [0.29, 0.717) is 23.5 Å². The Kier molecular flexibility index (Phi) is 7.92. The maximum Gasteiger partial charge on any atom is 0.227 e. The van der Waals surface area contributed by atoms with Crippen molar-refractivity contribution in [3.05, 3.63) is 28.5 Å². The summed E-state index contributed by atoms with van der Waals surface area (Å²) in [6.07, 6.45) is 1.84. The number of amides is 1. The Morgan fingerprint density at radius 2 is 2.00 bits per heavy atom. The normalized spacial score (nSPS) is 13.3. The third-order valence-electron chi connectivity index (χ3n) is 3.70. The number of ether oxygens (including phenoxy) is 1. The van der Waals surface area contributed by atoms with Gasteiger partial charge in [0.15, 0.2) is 5.05 Å². The van der Waals surface area contributed by atoms with Gasteiger partial charge in [-0.25, -0.2) is 4.39 Å². The summed E-state index contributed by atoms with van der Waals surface area (Å²) in [5.41, 5.74) is 0.738. The van der Waals surface area contributed by atoms with E-state index < -0.39 is 5.82 Å². The van der Waals surface area contributed by atoms with Crippen molar-refractivity contribution >= 4 is 40.5 Å². The van der Waals surface area contributed by atoms with Crippen LogP contribution < -0.4 is 5.32 Å². The fourth-order valence-corrected chi connectivity index (χ4v) is 2.31. The molecule has 2 atom stereocenters. The molecular weight excluding hydrogens is 337 g/mol. The number of rotatable bonds is 7. The minimum atomic E-state index is -0.566. The molecule has 0 spiro atoms. The number of carbonyl (C=O) groups is 1. The van der Waals surface area contributed by atoms with Crippen LogP contribution in [-0.4, -0.2) is 17.1 Å². The van der Waals surface area contributed by atoms with Gasteiger partial charge in [0.05, 0.1) is 11.8 Å². The lowest BCUT2D eigenvalue weighted by molar-refractivity contribution is -0.119. The molecule has 0 heterocycles. The van der Waals surface area contributed by atoms with E-state index in [1.165, 1.54) is 12.1 Å². The van der Waals surface area contributed by atoms with E-state index in [1.54, 1.807) is 6.92 Å². The van der Waals surface area contributed by atoms with E-state index in [-0.39, 0.29) is 28.6 Å². The predicted octanol–water partition coefficient (Wildman–Crippen LogP) is 5.15. The molecule has 0 aromatic heterocycles. The summed E-state index contributed by atoms with van der Waals surface area (Å²) in [6.45, 7) is 7.62. The zero-order valence-electron chi connectivity index (χ0n) is 13.9. The van der Waals surface area contributed by atoms with Gasteiger partial charge >= 0.3 is 0 Å². The van der Waals surface area contributed by atoms with Crippen LogP contribution in [0.2, 0.25) is 5.02 Å². The van der Waals surface area contributed by atoms with E-state index in [4.69, 9.17) is 28.6 Å². The molecule has 1 rings (SSSR count). The van der Waals surface area contributed by atoms with Gasteiger partial charge in [-0.1, -0.05) is 32.4 Å². The Bertz CT molecular complexity index is 580. The lowest BCUT2D eigenvalue weighted by Gasteiger charge is -2.16. The highest BCUT2D eigenvalue weighted by Gasteiger charge is 2.16. The zero-order chi connectivity index (χ0) is 17.6. The molecular formula is C17H23ClFNO2S. The maximum absolute atomic E-state index is 14.0. The van der Waals surface area contributed by atoms with Crippen LogP contribution in [-0.2, 0) is 16.0 Å². The molecule has 1 N–H and O–H groups in total. The topological polar surface area (TPSA) is 38.3 Å². The Hall–Kier alpha value is -1.20. The molecule has 23 heavy (non-hydrogen) atoms. The maximum atomic E-state index is 14.0. The molecule has 0 fully saturated rings. The summed E-state index contributed by atoms with van der Waals surface area (Å²) in [7, 11) is 0. The number of nitrogens with one attached hydrogen (secondary N) is 1. The van der Waals surface area contributed by atoms with Crippen LogP contribution in [0.15, 0.2) is 12.1 Å². The fraction of sp³-hybridized carbons (Fsp3) is 0.529. The van der Waals surface area contributed by atoms with Gasteiger partial charge in [0.25, 0.3) is 0 Å². The minimum absolute atomic E-state index is 0.0197. The summed E-state index contributed by atoms with van der Waals surface area (Å²) in [6, 6.07) is 2.71. The second kappa shape index (κ2) is 9.18. The SMILES string of the molecule is CCC(C)OC(=S)Cc1cc(NC(=O)C(C)CC)c(F)cc1Cl. The average Bonchev–Trinajstić information content (AvgIpc) is 2.50. The Balaban J connectivity index is 2.91. The molecule has 3 nitrogen and oxygen atoms in total. The van der Waals surface area contributed by atoms with Gasteiger partial charge in [-0.2, -0.15) is 0 Å². The smallest absolute Gasteiger partial charge is 0.227 e. The molecule has 0 aliphatic carbocycles. The summed E-state index contributed by atoms with van der Waals surface area (Å²) < 4.78 is 19.6. The molecule has 0 saturated heterocycles. The average molecular weight is 360 g/mol. The van der Waals surface area contributed by atoms with Gasteiger partial charge in [0.1, 0.15) is 5.82 Å². The van der Waals surface area contributed by atoms with Crippen molar-refractivity contribution in [1.29, 1.82) is 0 Å². The van der Waals surface area contributed by atoms with Crippen molar-refractivity contribution in [3.8, 4) is 0 Å². The molecule has 1 aromatic carbocycles. The number of halogens is 2. The van der Waals surface area contributed by atoms with E-state index in [2.05, 4.69) is 5.32 Å². The van der Waals surface area contributed by atoms with Gasteiger partial charge < -0.3 is 10.1 Å². The third kappa shape index (κ3) is 6.07. The van der Waals surface area contributed by atoms with Crippen LogP contribution in [0, 0.1) is 11.7 Å². The van der Waals surface area contributed by atoms with Crippen LogP contribution >= 0.6 is 23.8 Å². The number of anilines is 1. The Morgan fingerprint density at radius 3 is 2.57 bits per heavy atom. The predicted molar refractivity (Wildman–Crippen MR) is 96.6 cm³/mol. The first-order valence-corrected chi connectivity index (χ1v) is 8.55. The number of carbonyl (C=O) groups excluding carboxylic acids is 1. The van der Waals surface area contributed by atoms with Crippen LogP contribution in [0.1, 0.15) is 46.1 Å². The Labute approximate surface area is 147 Å². The lowest BCUT2D eigenvalue weighted by Crippen LogP contribution is -2.20. The van der Waals surface area contributed by atoms with Crippen molar-refractivity contribution in [1.82, 2.24) is 0 Å². The number of thiocarbonyl (C=S) groups is 1. The van der Waals surface area contributed by atoms with Gasteiger partial charge in [0.2, 0.25) is 5.91 Å². The Morgan fingerprint density at radius 1 is 1.35 bits per heavy atom. The quantitative estimate of drug-likeness (QED) is 0.684. The first-order chi connectivity index (χ1) is 10.8. The number of hydrogen-bond acceptors (Lipinski definition) is 3. The van der Waals surface area contributed by atoms with Gasteiger partial charge in [-0.05, 0) is 49.7 Å². The summed E-state index contributed by atoms with van der Waals surface area (Å²) in [5.74, 6) is -0.981. The van der Waals surface area contributed by atoms with E-state index in [0.717, 1.165) is 6.42 Å². The second-order valence-corrected chi connectivity index (χ2v) is 6.47. The molecule has 2 unspecified atom stereocenters.